The lowest BCUT2D eigenvalue weighted by atomic mass is 9.58. The number of ketones is 1. The highest BCUT2D eigenvalue weighted by Crippen LogP contribution is 2.57. The number of carbonyl (C=O) groups excluding carboxylic acids is 1. The fraction of sp³-hybridized carbons (Fsp3) is 0.522. The van der Waals surface area contributed by atoms with Crippen molar-refractivity contribution in [1.82, 2.24) is 5.32 Å². The largest absolute Gasteiger partial charge is 0.416 e. The van der Waals surface area contributed by atoms with Gasteiger partial charge in [-0.2, -0.15) is 23.4 Å². The van der Waals surface area contributed by atoms with Crippen molar-refractivity contribution in [2.75, 3.05) is 0 Å². The number of fused-ring (bicyclic) bond motifs is 1. The quantitative estimate of drug-likeness (QED) is 0.663. The standard InChI is InChI=1S/C23H24F3N3O/c1-2-22(14-6-5-7-15(10-14)23(24,25)26)16-13-27-29-20(16)28-17-11-21(8-3-4-9-21)12-18(30)19(17)22/h5-7,10,13,20,28H,2-4,8-9,11-12H2,1H3/t20?,22-/m1/s1. The molecule has 7 heteroatoms. The second-order valence-corrected chi connectivity index (χ2v) is 9.04. The first-order chi connectivity index (χ1) is 14.3. The molecule has 0 saturated heterocycles. The third-order valence-corrected chi connectivity index (χ3v) is 7.45. The van der Waals surface area contributed by atoms with Crippen LogP contribution in [0.25, 0.3) is 0 Å². The van der Waals surface area contributed by atoms with E-state index in [4.69, 9.17) is 0 Å². The van der Waals surface area contributed by atoms with E-state index in [1.54, 1.807) is 12.3 Å². The number of nitrogens with zero attached hydrogens (tertiary/aromatic N) is 2. The SMILES string of the molecule is CC[C@@]1(c2cccc(C(F)(F)F)c2)C2=CN=NC2NC2=C1C(=O)CC1(CCCC1)C2. The van der Waals surface area contributed by atoms with Gasteiger partial charge in [-0.25, -0.2) is 0 Å². The smallest absolute Gasteiger partial charge is 0.362 e. The lowest BCUT2D eigenvalue weighted by molar-refractivity contribution is -0.137. The molecular formula is C23H24F3N3O. The predicted molar refractivity (Wildman–Crippen MR) is 105 cm³/mol. The normalized spacial score (nSPS) is 29.7. The lowest BCUT2D eigenvalue weighted by Gasteiger charge is -2.48. The first kappa shape index (κ1) is 19.5. The summed E-state index contributed by atoms with van der Waals surface area (Å²) in [6.07, 6.45) is 2.74. The molecule has 4 aliphatic rings. The van der Waals surface area contributed by atoms with Crippen LogP contribution < -0.4 is 5.32 Å². The maximum absolute atomic E-state index is 13.6. The number of nitrogens with one attached hydrogen (secondary N) is 1. The van der Waals surface area contributed by atoms with E-state index >= 15 is 0 Å². The van der Waals surface area contributed by atoms with E-state index in [2.05, 4.69) is 15.5 Å². The summed E-state index contributed by atoms with van der Waals surface area (Å²) in [5.74, 6) is 0.0520. The lowest BCUT2D eigenvalue weighted by Crippen LogP contribution is -2.51. The van der Waals surface area contributed by atoms with Crippen LogP contribution in [0.2, 0.25) is 0 Å². The van der Waals surface area contributed by atoms with Gasteiger partial charge >= 0.3 is 6.18 Å². The minimum absolute atomic E-state index is 0.0207. The number of benzene rings is 1. The van der Waals surface area contributed by atoms with Crippen molar-refractivity contribution in [3.05, 3.63) is 58.4 Å². The van der Waals surface area contributed by atoms with Crippen LogP contribution in [-0.4, -0.2) is 11.9 Å². The molecule has 2 aliphatic carbocycles. The molecule has 1 spiro atoms. The van der Waals surface area contributed by atoms with E-state index in [9.17, 15) is 18.0 Å². The van der Waals surface area contributed by atoms with Crippen LogP contribution in [0.3, 0.4) is 0 Å². The molecule has 2 heterocycles. The number of carbonyl (C=O) groups is 1. The number of hydrogen-bond donors (Lipinski definition) is 1. The minimum Gasteiger partial charge on any atom is -0.362 e. The Bertz CT molecular complexity index is 1000. The van der Waals surface area contributed by atoms with Crippen molar-refractivity contribution in [2.24, 2.45) is 15.6 Å². The van der Waals surface area contributed by atoms with Gasteiger partial charge in [-0.3, -0.25) is 4.79 Å². The van der Waals surface area contributed by atoms with E-state index in [0.717, 1.165) is 49.4 Å². The average Bonchev–Trinajstić information content (AvgIpc) is 3.35. The molecule has 0 aromatic heterocycles. The fourth-order valence-corrected chi connectivity index (χ4v) is 6.13. The molecule has 0 radical (unpaired) electrons. The van der Waals surface area contributed by atoms with Crippen molar-refractivity contribution in [3.8, 4) is 0 Å². The second kappa shape index (κ2) is 6.53. The van der Waals surface area contributed by atoms with Crippen molar-refractivity contribution in [3.63, 3.8) is 0 Å². The Labute approximate surface area is 173 Å². The first-order valence-electron chi connectivity index (χ1n) is 10.6. The Balaban J connectivity index is 1.72. The van der Waals surface area contributed by atoms with E-state index in [1.807, 2.05) is 6.92 Å². The number of Topliss-reactive ketones (excluding diaryl/α,β-unsaturated/α-hetero) is 1. The number of halogens is 3. The van der Waals surface area contributed by atoms with Crippen LogP contribution >= 0.6 is 0 Å². The van der Waals surface area contributed by atoms with Crippen LogP contribution in [0.5, 0.6) is 0 Å². The number of rotatable bonds is 2. The molecule has 1 saturated carbocycles. The van der Waals surface area contributed by atoms with E-state index in [1.165, 1.54) is 12.1 Å². The highest BCUT2D eigenvalue weighted by atomic mass is 19.4. The summed E-state index contributed by atoms with van der Waals surface area (Å²) >= 11 is 0. The van der Waals surface area contributed by atoms with Crippen molar-refractivity contribution < 1.29 is 18.0 Å². The molecule has 1 unspecified atom stereocenters. The van der Waals surface area contributed by atoms with Gasteiger partial charge in [0.25, 0.3) is 0 Å². The molecule has 4 nitrogen and oxygen atoms in total. The van der Waals surface area contributed by atoms with Crippen LogP contribution in [0.15, 0.2) is 57.5 Å². The molecule has 5 rings (SSSR count). The fourth-order valence-electron chi connectivity index (χ4n) is 6.13. The van der Waals surface area contributed by atoms with E-state index in [0.29, 0.717) is 24.0 Å². The Morgan fingerprint density at radius 2 is 1.97 bits per heavy atom. The number of hydrogen-bond acceptors (Lipinski definition) is 4. The molecule has 2 aliphatic heterocycles. The topological polar surface area (TPSA) is 53.8 Å². The van der Waals surface area contributed by atoms with Gasteiger partial charge in [0.05, 0.1) is 17.2 Å². The molecule has 0 bridgehead atoms. The molecule has 1 N–H and O–H groups in total. The molecule has 1 aromatic carbocycles. The van der Waals surface area contributed by atoms with E-state index < -0.39 is 23.3 Å². The van der Waals surface area contributed by atoms with Crippen molar-refractivity contribution in [1.29, 1.82) is 0 Å². The number of azo groups is 1. The van der Waals surface area contributed by atoms with Gasteiger partial charge in [-0.15, -0.1) is 0 Å². The molecule has 158 valence electrons. The zero-order valence-corrected chi connectivity index (χ0v) is 16.9. The zero-order chi connectivity index (χ0) is 21.1. The van der Waals surface area contributed by atoms with Crippen molar-refractivity contribution in [2.45, 2.75) is 69.6 Å². The van der Waals surface area contributed by atoms with Gasteiger partial charge in [-0.05, 0) is 42.7 Å². The maximum Gasteiger partial charge on any atom is 0.416 e. The Morgan fingerprint density at radius 1 is 1.20 bits per heavy atom. The Morgan fingerprint density at radius 3 is 2.67 bits per heavy atom. The molecular weight excluding hydrogens is 391 g/mol. The van der Waals surface area contributed by atoms with E-state index in [-0.39, 0.29) is 11.2 Å². The third kappa shape index (κ3) is 2.70. The summed E-state index contributed by atoms with van der Waals surface area (Å²) < 4.78 is 40.5. The number of allylic oxidation sites excluding steroid dienone is 2. The van der Waals surface area contributed by atoms with Gasteiger partial charge in [0.2, 0.25) is 0 Å². The third-order valence-electron chi connectivity index (χ3n) is 7.45. The second-order valence-electron chi connectivity index (χ2n) is 9.04. The maximum atomic E-state index is 13.6. The Hall–Kier alpha value is -2.44. The summed E-state index contributed by atoms with van der Waals surface area (Å²) in [5.41, 5.74) is 1.08. The monoisotopic (exact) mass is 415 g/mol. The molecule has 1 fully saturated rings. The molecule has 2 atom stereocenters. The molecule has 30 heavy (non-hydrogen) atoms. The summed E-state index contributed by atoms with van der Waals surface area (Å²) in [7, 11) is 0. The highest BCUT2D eigenvalue weighted by molar-refractivity contribution is 6.01. The highest BCUT2D eigenvalue weighted by Gasteiger charge is 2.55. The van der Waals surface area contributed by atoms with Crippen LogP contribution in [0, 0.1) is 5.41 Å². The minimum atomic E-state index is -4.45. The average molecular weight is 415 g/mol. The van der Waals surface area contributed by atoms with Crippen LogP contribution in [0.4, 0.5) is 13.2 Å². The van der Waals surface area contributed by atoms with Crippen LogP contribution in [-0.2, 0) is 16.4 Å². The molecule has 0 amide bonds. The van der Waals surface area contributed by atoms with Gasteiger partial charge in [0.15, 0.2) is 11.9 Å². The van der Waals surface area contributed by atoms with Gasteiger partial charge in [0, 0.05) is 23.3 Å². The first-order valence-corrected chi connectivity index (χ1v) is 10.6. The van der Waals surface area contributed by atoms with Gasteiger partial charge in [0.1, 0.15) is 0 Å². The predicted octanol–water partition coefficient (Wildman–Crippen LogP) is 5.81. The Kier molecular flexibility index (Phi) is 4.25. The number of alkyl halides is 3. The van der Waals surface area contributed by atoms with Gasteiger partial charge in [-0.1, -0.05) is 38.0 Å². The van der Waals surface area contributed by atoms with Crippen molar-refractivity contribution >= 4 is 5.78 Å². The van der Waals surface area contributed by atoms with Gasteiger partial charge < -0.3 is 5.32 Å². The summed E-state index contributed by atoms with van der Waals surface area (Å²) in [4.78, 5) is 13.6. The summed E-state index contributed by atoms with van der Waals surface area (Å²) in [6, 6.07) is 5.41. The zero-order valence-electron chi connectivity index (χ0n) is 16.9. The summed E-state index contributed by atoms with van der Waals surface area (Å²) in [6.45, 7) is 1.93. The molecule has 1 aromatic rings. The van der Waals surface area contributed by atoms with Crippen LogP contribution in [0.1, 0.15) is 63.0 Å². The summed E-state index contributed by atoms with van der Waals surface area (Å²) in [5, 5.41) is 11.8.